The summed E-state index contributed by atoms with van der Waals surface area (Å²) in [7, 11) is 1.55. The molecule has 1 fully saturated rings. The largest absolute Gasteiger partial charge is 0.404 e. The molecule has 5 N–H and O–H groups in total. The lowest BCUT2D eigenvalue weighted by Gasteiger charge is -2.01. The normalized spacial score (nSPS) is 17.2. The van der Waals surface area contributed by atoms with Crippen LogP contribution in [0.1, 0.15) is 21.7 Å². The Kier molecular flexibility index (Phi) is 4.77. The van der Waals surface area contributed by atoms with E-state index in [0.717, 1.165) is 18.4 Å². The van der Waals surface area contributed by atoms with E-state index in [1.165, 1.54) is 6.20 Å². The van der Waals surface area contributed by atoms with Crippen molar-refractivity contribution in [2.45, 2.75) is 20.3 Å². The van der Waals surface area contributed by atoms with Crippen LogP contribution in [0.15, 0.2) is 23.5 Å². The number of carbonyl (C=O) groups is 1. The molecular formula is C10H21N3O. The maximum atomic E-state index is 11.0. The Hall–Kier alpha value is -1.45. The van der Waals surface area contributed by atoms with Gasteiger partial charge in [0, 0.05) is 8.47 Å². The number of allylic oxidation sites excluding steroid dienone is 2. The number of rotatable bonds is 3. The molecule has 1 aliphatic carbocycles. The molecule has 0 radical (unpaired) electrons. The van der Waals surface area contributed by atoms with Crippen LogP contribution in [0.2, 0.25) is 0 Å². The van der Waals surface area contributed by atoms with Crippen molar-refractivity contribution in [2.24, 2.45) is 17.4 Å². The summed E-state index contributed by atoms with van der Waals surface area (Å²) < 4.78 is 0. The summed E-state index contributed by atoms with van der Waals surface area (Å²) in [6, 6.07) is 0. The number of amides is 1. The fraction of sp³-hybridized carbons (Fsp3) is 0.500. The van der Waals surface area contributed by atoms with Crippen LogP contribution >= 0.6 is 0 Å². The third kappa shape index (κ3) is 3.12. The van der Waals surface area contributed by atoms with E-state index in [2.05, 4.69) is 5.32 Å². The molecule has 4 nitrogen and oxygen atoms in total. The van der Waals surface area contributed by atoms with Crippen LogP contribution < -0.4 is 16.8 Å². The maximum Gasteiger partial charge on any atom is 0.266 e. The van der Waals surface area contributed by atoms with Gasteiger partial charge in [0.05, 0.1) is 5.70 Å². The van der Waals surface area contributed by atoms with Gasteiger partial charge in [0.15, 0.2) is 0 Å². The highest BCUT2D eigenvalue weighted by Gasteiger charge is 2.24. The molecule has 14 heavy (non-hydrogen) atoms. The van der Waals surface area contributed by atoms with Crippen LogP contribution in [0.3, 0.4) is 0 Å². The van der Waals surface area contributed by atoms with E-state index in [4.69, 9.17) is 11.5 Å². The molecule has 0 unspecified atom stereocenters. The number of hydrogen-bond acceptors (Lipinski definition) is 3. The van der Waals surface area contributed by atoms with Crippen LogP contribution in [0, 0.1) is 5.92 Å². The molecule has 1 amide bonds. The Morgan fingerprint density at radius 3 is 2.50 bits per heavy atom. The summed E-state index contributed by atoms with van der Waals surface area (Å²) in [5.74, 6) is 0.244. The molecule has 0 bridgehead atoms. The number of nitrogens with two attached hydrogens (primary N) is 2. The van der Waals surface area contributed by atoms with Gasteiger partial charge in [-0.25, -0.2) is 0 Å². The van der Waals surface area contributed by atoms with E-state index >= 15 is 0 Å². The molecule has 0 aliphatic heterocycles. The Labute approximate surface area is 86.5 Å². The van der Waals surface area contributed by atoms with E-state index in [0.29, 0.717) is 5.92 Å². The molecule has 0 aromatic rings. The minimum absolute atomic E-state index is 0. The first-order chi connectivity index (χ1) is 6.19. The van der Waals surface area contributed by atoms with Crippen LogP contribution in [0.4, 0.5) is 0 Å². The van der Waals surface area contributed by atoms with Crippen molar-refractivity contribution < 1.29 is 6.22 Å². The third-order valence-electron chi connectivity index (χ3n) is 2.05. The fourth-order valence-corrected chi connectivity index (χ4v) is 1.11. The minimum Gasteiger partial charge on any atom is -0.404 e. The summed E-state index contributed by atoms with van der Waals surface area (Å²) in [6.07, 6.45) is 5.45. The van der Waals surface area contributed by atoms with Crippen molar-refractivity contribution in [2.75, 3.05) is 7.05 Å². The van der Waals surface area contributed by atoms with Gasteiger partial charge >= 0.3 is 0 Å². The van der Waals surface area contributed by atoms with Crippen LogP contribution in [0.25, 0.3) is 0 Å². The van der Waals surface area contributed by atoms with Crippen LogP contribution in [0.5, 0.6) is 0 Å². The lowest BCUT2D eigenvalue weighted by atomic mass is 10.1. The quantitative estimate of drug-likeness (QED) is 0.462. The van der Waals surface area contributed by atoms with Gasteiger partial charge in [0.2, 0.25) is 0 Å². The molecule has 4 heteroatoms. The first-order valence-electron chi connectivity index (χ1n) is 4.30. The average molecular weight is 199 g/mol. The molecule has 0 heterocycles. The van der Waals surface area contributed by atoms with Gasteiger partial charge in [-0.1, -0.05) is 7.43 Å². The summed E-state index contributed by atoms with van der Waals surface area (Å²) in [5.41, 5.74) is 12.1. The van der Waals surface area contributed by atoms with E-state index in [9.17, 15) is 4.79 Å². The second-order valence-electron chi connectivity index (χ2n) is 3.12. The monoisotopic (exact) mass is 199 g/mol. The van der Waals surface area contributed by atoms with E-state index in [-0.39, 0.29) is 20.5 Å². The van der Waals surface area contributed by atoms with Gasteiger partial charge in [-0.15, -0.1) is 0 Å². The van der Waals surface area contributed by atoms with Gasteiger partial charge < -0.3 is 16.8 Å². The molecule has 0 spiro atoms. The summed E-state index contributed by atoms with van der Waals surface area (Å²) in [4.78, 5) is 11.0. The first-order valence-corrected chi connectivity index (χ1v) is 4.30. The van der Waals surface area contributed by atoms with Crippen LogP contribution in [-0.2, 0) is 4.79 Å². The Bertz CT molecular complexity index is 270. The summed E-state index contributed by atoms with van der Waals surface area (Å²) in [6.45, 7) is 0. The lowest BCUT2D eigenvalue weighted by Crippen LogP contribution is -2.24. The highest BCUT2D eigenvalue weighted by Crippen LogP contribution is 2.36. The van der Waals surface area contributed by atoms with Crippen molar-refractivity contribution in [3.8, 4) is 0 Å². The predicted octanol–water partition coefficient (Wildman–Crippen LogP) is 0.710. The molecule has 0 aromatic carbocycles. The van der Waals surface area contributed by atoms with Crippen molar-refractivity contribution in [1.29, 1.82) is 0 Å². The highest BCUT2D eigenvalue weighted by atomic mass is 16.1. The minimum atomic E-state index is -0.264. The molecule has 0 aromatic heterocycles. The van der Waals surface area contributed by atoms with Crippen molar-refractivity contribution in [3.05, 3.63) is 23.5 Å². The first kappa shape index (κ1) is 12.6. The summed E-state index contributed by atoms with van der Waals surface area (Å²) >= 11 is 0. The van der Waals surface area contributed by atoms with Crippen LogP contribution in [-0.4, -0.2) is 13.0 Å². The van der Waals surface area contributed by atoms with E-state index < -0.39 is 0 Å². The van der Waals surface area contributed by atoms with E-state index in [1.54, 1.807) is 13.1 Å². The predicted molar refractivity (Wildman–Crippen MR) is 60.2 cm³/mol. The molecule has 82 valence electrons. The molecule has 0 atom stereocenters. The van der Waals surface area contributed by atoms with Gasteiger partial charge in [-0.05, 0) is 36.6 Å². The number of hydrogen-bond donors (Lipinski definition) is 3. The SMILES string of the molecule is C.CNC(=O)/C(N)=C/C(=C\N)C1CC1.[HH]. The molecule has 1 rings (SSSR count). The zero-order valence-corrected chi connectivity index (χ0v) is 7.71. The third-order valence-corrected chi connectivity index (χ3v) is 2.05. The zero-order chi connectivity index (χ0) is 9.84. The van der Waals surface area contributed by atoms with Crippen molar-refractivity contribution >= 4 is 5.91 Å². The Morgan fingerprint density at radius 1 is 1.57 bits per heavy atom. The smallest absolute Gasteiger partial charge is 0.266 e. The van der Waals surface area contributed by atoms with Gasteiger partial charge in [-0.3, -0.25) is 4.79 Å². The van der Waals surface area contributed by atoms with Gasteiger partial charge in [0.25, 0.3) is 5.91 Å². The number of carbonyl (C=O) groups excluding carboxylic acids is 1. The number of likely N-dealkylation sites (N-methyl/N-ethyl adjacent to an activating group) is 1. The Morgan fingerprint density at radius 2 is 2.14 bits per heavy atom. The molecule has 0 saturated heterocycles. The molecule has 1 aliphatic rings. The van der Waals surface area contributed by atoms with Crippen molar-refractivity contribution in [1.82, 2.24) is 5.32 Å². The lowest BCUT2D eigenvalue weighted by molar-refractivity contribution is -0.117. The van der Waals surface area contributed by atoms with E-state index in [1.807, 2.05) is 0 Å². The topological polar surface area (TPSA) is 81.1 Å². The second-order valence-corrected chi connectivity index (χ2v) is 3.12. The maximum absolute atomic E-state index is 11.0. The van der Waals surface area contributed by atoms with Gasteiger partial charge in [0.1, 0.15) is 0 Å². The molecular weight excluding hydrogens is 178 g/mol. The average Bonchev–Trinajstić information content (AvgIpc) is 2.95. The standard InChI is InChI=1S/C9H15N3O.CH4.H2/c1-12-9(13)8(11)4-7(5-10)6-2-3-6;;/h4-6H,2-3,10-11H2,1H3,(H,12,13);1H4;1H/b7-5+,8-4-;;. The second kappa shape index (κ2) is 5.32. The number of nitrogens with one attached hydrogen (secondary N) is 1. The van der Waals surface area contributed by atoms with Crippen molar-refractivity contribution in [3.63, 3.8) is 0 Å². The zero-order valence-electron chi connectivity index (χ0n) is 7.71. The fourth-order valence-electron chi connectivity index (χ4n) is 1.11. The summed E-state index contributed by atoms with van der Waals surface area (Å²) in [5, 5.41) is 2.45. The molecule has 1 saturated carbocycles. The Balaban J connectivity index is 0. The van der Waals surface area contributed by atoms with Gasteiger partial charge in [-0.2, -0.15) is 0 Å². The highest BCUT2D eigenvalue weighted by molar-refractivity contribution is 5.92.